The van der Waals surface area contributed by atoms with Crippen molar-refractivity contribution in [3.05, 3.63) is 59.5 Å². The standard InChI is InChI=1S/C41H64N5O9P/c1-3-4-5-6-7-8-9-10-11-12-13-14-15-16-17-18-25-51-28-34(52-27-33-21-19-32(26-42)20-22-33)29-53-56(49,50)54-30-36-38(47)39(48)41(2,55-36)37-24-23-35-40(43)44-31-45-46(35)37/h19-24,31,34,36,38-39,47-48H,3-18,25,27-30H2,1-2H3,(H,49,50)(H2,43,44,45)/t34-,36-,38-,39-,41+/m1/s1. The molecule has 1 saturated heterocycles. The number of unbranched alkanes of at least 4 members (excludes halogenated alkanes) is 15. The van der Waals surface area contributed by atoms with Crippen LogP contribution in [0.3, 0.4) is 0 Å². The maximum absolute atomic E-state index is 13.0. The van der Waals surface area contributed by atoms with Gasteiger partial charge in [0.05, 0.1) is 43.8 Å². The van der Waals surface area contributed by atoms with Crippen molar-refractivity contribution in [2.24, 2.45) is 0 Å². The Balaban J connectivity index is 1.16. The quantitative estimate of drug-likeness (QED) is 0.0397. The van der Waals surface area contributed by atoms with Gasteiger partial charge in [0.15, 0.2) is 5.82 Å². The van der Waals surface area contributed by atoms with E-state index in [0.29, 0.717) is 23.4 Å². The van der Waals surface area contributed by atoms with E-state index >= 15 is 0 Å². The molecule has 0 saturated carbocycles. The molecule has 1 fully saturated rings. The maximum Gasteiger partial charge on any atom is 0.472 e. The lowest BCUT2D eigenvalue weighted by atomic mass is 9.93. The summed E-state index contributed by atoms with van der Waals surface area (Å²) in [6.07, 6.45) is 17.1. The van der Waals surface area contributed by atoms with Gasteiger partial charge in [-0.2, -0.15) is 10.4 Å². The molecule has 2 aromatic heterocycles. The minimum atomic E-state index is -4.66. The number of nitrogens with zero attached hydrogens (tertiary/aromatic N) is 4. The van der Waals surface area contributed by atoms with Crippen molar-refractivity contribution < 1.29 is 42.9 Å². The van der Waals surface area contributed by atoms with Gasteiger partial charge in [-0.05, 0) is 43.2 Å². The molecule has 1 aromatic carbocycles. The summed E-state index contributed by atoms with van der Waals surface area (Å²) in [5.41, 5.74) is 6.74. The second-order valence-electron chi connectivity index (χ2n) is 15.0. The molecule has 1 aliphatic rings. The van der Waals surface area contributed by atoms with E-state index in [2.05, 4.69) is 23.1 Å². The molecule has 56 heavy (non-hydrogen) atoms. The molecule has 0 bridgehead atoms. The topological polar surface area (TPSA) is 204 Å². The SMILES string of the molecule is CCCCCCCCCCCCCCCCCCOC[C@H](COP(=O)(O)OC[C@H]1O[C@@](C)(c2ccc3c(N)ncnn23)[C@H](O)[C@@H]1O)OCc1ccc(C#N)cc1. The summed E-state index contributed by atoms with van der Waals surface area (Å²) in [6, 6.07) is 12.4. The van der Waals surface area contributed by atoms with Gasteiger partial charge >= 0.3 is 7.82 Å². The van der Waals surface area contributed by atoms with E-state index in [1.54, 1.807) is 43.3 Å². The van der Waals surface area contributed by atoms with Crippen molar-refractivity contribution in [1.29, 1.82) is 5.26 Å². The van der Waals surface area contributed by atoms with E-state index in [9.17, 15) is 19.7 Å². The van der Waals surface area contributed by atoms with Gasteiger partial charge in [0.2, 0.25) is 0 Å². The Kier molecular flexibility index (Phi) is 19.7. The number of nitrogens with two attached hydrogens (primary N) is 1. The molecule has 14 nitrogen and oxygen atoms in total. The third-order valence-corrected chi connectivity index (χ3v) is 11.4. The number of ether oxygens (including phenoxy) is 3. The lowest BCUT2D eigenvalue weighted by Crippen LogP contribution is -2.39. The van der Waals surface area contributed by atoms with Gasteiger partial charge < -0.3 is 35.1 Å². The summed E-state index contributed by atoms with van der Waals surface area (Å²) in [6.45, 7) is 3.80. The Morgan fingerprint density at radius 1 is 0.911 bits per heavy atom. The molecule has 0 radical (unpaired) electrons. The van der Waals surface area contributed by atoms with Crippen molar-refractivity contribution in [1.82, 2.24) is 14.6 Å². The van der Waals surface area contributed by atoms with E-state index < -0.39 is 44.4 Å². The molecule has 4 rings (SSSR count). The molecule has 0 amide bonds. The average Bonchev–Trinajstić information content (AvgIpc) is 3.74. The van der Waals surface area contributed by atoms with E-state index in [1.807, 2.05) is 0 Å². The van der Waals surface area contributed by atoms with Crippen LogP contribution < -0.4 is 5.73 Å². The highest BCUT2D eigenvalue weighted by Crippen LogP contribution is 2.46. The van der Waals surface area contributed by atoms with Crippen LogP contribution in [0.25, 0.3) is 5.52 Å². The lowest BCUT2D eigenvalue weighted by Gasteiger charge is -2.27. The first-order valence-corrected chi connectivity index (χ1v) is 22.0. The van der Waals surface area contributed by atoms with Crippen LogP contribution in [-0.2, 0) is 40.0 Å². The Labute approximate surface area is 332 Å². The molecular weight excluding hydrogens is 737 g/mol. The predicted molar refractivity (Wildman–Crippen MR) is 213 cm³/mol. The van der Waals surface area contributed by atoms with Crippen molar-refractivity contribution in [3.63, 3.8) is 0 Å². The fraction of sp³-hybridized carbons (Fsp3) is 0.683. The number of fused-ring (bicyclic) bond motifs is 1. The Morgan fingerprint density at radius 3 is 2.12 bits per heavy atom. The highest BCUT2D eigenvalue weighted by atomic mass is 31.2. The van der Waals surface area contributed by atoms with Crippen molar-refractivity contribution in [2.75, 3.05) is 32.2 Å². The highest BCUT2D eigenvalue weighted by Gasteiger charge is 2.54. The number of nitriles is 1. The molecule has 6 atom stereocenters. The third-order valence-electron chi connectivity index (χ3n) is 10.5. The lowest BCUT2D eigenvalue weighted by molar-refractivity contribution is -0.0901. The molecule has 3 aromatic rings. The van der Waals surface area contributed by atoms with Crippen LogP contribution in [0, 0.1) is 11.3 Å². The number of nitrogen functional groups attached to an aromatic ring is 1. The van der Waals surface area contributed by atoms with E-state index in [4.69, 9.17) is 34.3 Å². The number of aliphatic hydroxyl groups excluding tert-OH is 2. The molecule has 1 unspecified atom stereocenters. The first-order chi connectivity index (χ1) is 27.1. The summed E-state index contributed by atoms with van der Waals surface area (Å²) >= 11 is 0. The number of hydrogen-bond donors (Lipinski definition) is 4. The smallest absolute Gasteiger partial charge is 0.387 e. The minimum absolute atomic E-state index is 0.128. The molecular formula is C41H64N5O9P. The zero-order valence-corrected chi connectivity index (χ0v) is 34.2. The van der Waals surface area contributed by atoms with Gasteiger partial charge in [-0.3, -0.25) is 9.05 Å². The molecule has 0 aliphatic carbocycles. The van der Waals surface area contributed by atoms with Gasteiger partial charge in [-0.1, -0.05) is 115 Å². The van der Waals surface area contributed by atoms with Crippen LogP contribution in [-0.4, -0.2) is 80.5 Å². The summed E-state index contributed by atoms with van der Waals surface area (Å²) in [4.78, 5) is 14.5. The van der Waals surface area contributed by atoms with E-state index in [1.165, 1.54) is 94.3 Å². The van der Waals surface area contributed by atoms with Gasteiger partial charge in [-0.15, -0.1) is 0 Å². The second kappa shape index (κ2) is 24.1. The number of phosphoric acid groups is 1. The van der Waals surface area contributed by atoms with E-state index in [-0.39, 0.29) is 25.6 Å². The monoisotopic (exact) mass is 801 g/mol. The summed E-state index contributed by atoms with van der Waals surface area (Å²) < 4.78 is 43.0. The number of rotatable bonds is 29. The summed E-state index contributed by atoms with van der Waals surface area (Å²) in [5, 5.41) is 35.1. The van der Waals surface area contributed by atoms with Gasteiger partial charge in [0.25, 0.3) is 0 Å². The first kappa shape index (κ1) is 45.7. The predicted octanol–water partition coefficient (Wildman–Crippen LogP) is 7.52. The highest BCUT2D eigenvalue weighted by molar-refractivity contribution is 7.47. The van der Waals surface area contributed by atoms with Crippen LogP contribution in [0.15, 0.2) is 42.7 Å². The van der Waals surface area contributed by atoms with Crippen LogP contribution in [0.4, 0.5) is 5.82 Å². The van der Waals surface area contributed by atoms with Gasteiger partial charge in [-0.25, -0.2) is 14.1 Å². The van der Waals surface area contributed by atoms with Crippen LogP contribution >= 0.6 is 7.82 Å². The second-order valence-corrected chi connectivity index (χ2v) is 16.5. The Hall–Kier alpha value is -2.96. The van der Waals surface area contributed by atoms with Crippen LogP contribution in [0.5, 0.6) is 0 Å². The molecule has 3 heterocycles. The molecule has 15 heteroatoms. The summed E-state index contributed by atoms with van der Waals surface area (Å²) in [5.74, 6) is 0.228. The molecule has 1 aliphatic heterocycles. The van der Waals surface area contributed by atoms with E-state index in [0.717, 1.165) is 24.8 Å². The Morgan fingerprint density at radius 2 is 1.52 bits per heavy atom. The van der Waals surface area contributed by atoms with Gasteiger partial charge in [0.1, 0.15) is 41.9 Å². The number of aliphatic hydroxyl groups is 2. The third kappa shape index (κ3) is 14.5. The molecule has 312 valence electrons. The Bertz CT molecular complexity index is 1650. The fourth-order valence-corrected chi connectivity index (χ4v) is 7.80. The average molecular weight is 802 g/mol. The zero-order chi connectivity index (χ0) is 40.2. The number of hydrogen-bond acceptors (Lipinski definition) is 12. The largest absolute Gasteiger partial charge is 0.472 e. The number of benzene rings is 1. The van der Waals surface area contributed by atoms with Gasteiger partial charge in [0, 0.05) is 6.61 Å². The van der Waals surface area contributed by atoms with Crippen LogP contribution in [0.1, 0.15) is 133 Å². The molecule has 0 spiro atoms. The number of phosphoric ester groups is 1. The minimum Gasteiger partial charge on any atom is -0.387 e. The fourth-order valence-electron chi connectivity index (χ4n) is 7.04. The normalized spacial score (nSPS) is 21.3. The number of aromatic nitrogens is 3. The van der Waals surface area contributed by atoms with Crippen molar-refractivity contribution in [2.45, 2.75) is 153 Å². The number of anilines is 1. The summed E-state index contributed by atoms with van der Waals surface area (Å²) in [7, 11) is -4.66. The maximum atomic E-state index is 13.0. The van der Waals surface area contributed by atoms with Crippen molar-refractivity contribution in [3.8, 4) is 6.07 Å². The van der Waals surface area contributed by atoms with Crippen LogP contribution in [0.2, 0.25) is 0 Å². The van der Waals surface area contributed by atoms with Crippen molar-refractivity contribution >= 4 is 19.2 Å². The molecule has 5 N–H and O–H groups in total. The zero-order valence-electron chi connectivity index (χ0n) is 33.3. The first-order valence-electron chi connectivity index (χ1n) is 20.5.